The van der Waals surface area contributed by atoms with E-state index in [2.05, 4.69) is 41.0 Å². The Kier molecular flexibility index (Phi) is 4.27. The zero-order valence-corrected chi connectivity index (χ0v) is 12.6. The fourth-order valence-corrected chi connectivity index (χ4v) is 2.92. The van der Waals surface area contributed by atoms with Crippen molar-refractivity contribution in [3.8, 4) is 0 Å². The molecule has 0 unspecified atom stereocenters. The van der Waals surface area contributed by atoms with Crippen LogP contribution in [0.15, 0.2) is 41.0 Å². The van der Waals surface area contributed by atoms with Crippen molar-refractivity contribution in [2.75, 3.05) is 31.1 Å². The molecule has 0 saturated carbocycles. The van der Waals surface area contributed by atoms with Crippen LogP contribution in [-0.2, 0) is 13.1 Å². The second-order valence-electron chi connectivity index (χ2n) is 5.68. The van der Waals surface area contributed by atoms with E-state index in [1.54, 1.807) is 6.26 Å². The van der Waals surface area contributed by atoms with Crippen LogP contribution in [0.2, 0.25) is 0 Å². The molecule has 0 bridgehead atoms. The number of nitrogens with two attached hydrogens (primary N) is 1. The summed E-state index contributed by atoms with van der Waals surface area (Å²) in [5, 5.41) is 0. The Bertz CT molecular complexity index is 585. The normalized spacial score (nSPS) is 16.4. The summed E-state index contributed by atoms with van der Waals surface area (Å²) < 4.78 is 5.40. The van der Waals surface area contributed by atoms with Crippen molar-refractivity contribution in [2.24, 2.45) is 5.73 Å². The van der Waals surface area contributed by atoms with Gasteiger partial charge in [-0.15, -0.1) is 0 Å². The van der Waals surface area contributed by atoms with Crippen LogP contribution in [0.25, 0.3) is 0 Å². The van der Waals surface area contributed by atoms with Crippen molar-refractivity contribution in [1.29, 1.82) is 0 Å². The van der Waals surface area contributed by atoms with Crippen LogP contribution in [0.3, 0.4) is 0 Å². The lowest BCUT2D eigenvalue weighted by Crippen LogP contribution is -2.46. The summed E-state index contributed by atoms with van der Waals surface area (Å²) in [4.78, 5) is 4.93. The smallest absolute Gasteiger partial charge is 0.121 e. The summed E-state index contributed by atoms with van der Waals surface area (Å²) in [6, 6.07) is 10.8. The molecular formula is C17H23N3O. The summed E-state index contributed by atoms with van der Waals surface area (Å²) in [6.45, 7) is 7.84. The van der Waals surface area contributed by atoms with Gasteiger partial charge in [0, 0.05) is 44.0 Å². The summed E-state index contributed by atoms with van der Waals surface area (Å²) in [7, 11) is 0. The summed E-state index contributed by atoms with van der Waals surface area (Å²) in [5.41, 5.74) is 9.57. The molecule has 4 heteroatoms. The summed E-state index contributed by atoms with van der Waals surface area (Å²) in [6.07, 6.45) is 1.74. The van der Waals surface area contributed by atoms with Gasteiger partial charge in [0.1, 0.15) is 5.76 Å². The molecule has 4 nitrogen and oxygen atoms in total. The van der Waals surface area contributed by atoms with Gasteiger partial charge in [-0.1, -0.05) is 12.1 Å². The zero-order chi connectivity index (χ0) is 14.7. The molecule has 1 aliphatic rings. The van der Waals surface area contributed by atoms with Crippen LogP contribution >= 0.6 is 0 Å². The average molecular weight is 285 g/mol. The van der Waals surface area contributed by atoms with Gasteiger partial charge in [-0.3, -0.25) is 4.90 Å². The molecule has 3 rings (SSSR count). The van der Waals surface area contributed by atoms with E-state index in [0.717, 1.165) is 38.5 Å². The number of furan rings is 1. The predicted molar refractivity (Wildman–Crippen MR) is 85.3 cm³/mol. The number of rotatable bonds is 4. The second kappa shape index (κ2) is 6.33. The molecule has 0 amide bonds. The van der Waals surface area contributed by atoms with E-state index in [1.807, 2.05) is 6.07 Å². The van der Waals surface area contributed by atoms with Crippen molar-refractivity contribution < 1.29 is 4.42 Å². The largest absolute Gasteiger partial charge is 0.468 e. The van der Waals surface area contributed by atoms with Crippen LogP contribution in [0.5, 0.6) is 0 Å². The summed E-state index contributed by atoms with van der Waals surface area (Å²) in [5.74, 6) is 0.913. The van der Waals surface area contributed by atoms with Gasteiger partial charge < -0.3 is 15.1 Å². The molecule has 1 aromatic heterocycles. The van der Waals surface area contributed by atoms with E-state index in [1.165, 1.54) is 16.8 Å². The van der Waals surface area contributed by atoms with Gasteiger partial charge in [0.25, 0.3) is 0 Å². The quantitative estimate of drug-likeness (QED) is 0.937. The van der Waals surface area contributed by atoms with E-state index in [-0.39, 0.29) is 0 Å². The molecule has 112 valence electrons. The van der Waals surface area contributed by atoms with Crippen molar-refractivity contribution >= 4 is 5.69 Å². The number of hydrogen-bond acceptors (Lipinski definition) is 4. The first-order chi connectivity index (χ1) is 10.3. The maximum Gasteiger partial charge on any atom is 0.121 e. The Labute approximate surface area is 126 Å². The third-order valence-electron chi connectivity index (χ3n) is 4.16. The molecule has 2 heterocycles. The highest BCUT2D eigenvalue weighted by Crippen LogP contribution is 2.19. The second-order valence-corrected chi connectivity index (χ2v) is 5.68. The minimum absolute atomic E-state index is 0.478. The molecule has 1 saturated heterocycles. The third kappa shape index (κ3) is 3.28. The molecule has 0 atom stereocenters. The van der Waals surface area contributed by atoms with Crippen molar-refractivity contribution in [3.05, 3.63) is 53.5 Å². The van der Waals surface area contributed by atoms with E-state index in [0.29, 0.717) is 6.54 Å². The van der Waals surface area contributed by atoms with Crippen LogP contribution < -0.4 is 10.6 Å². The fourth-order valence-electron chi connectivity index (χ4n) is 2.92. The number of aryl methyl sites for hydroxylation is 1. The lowest BCUT2D eigenvalue weighted by atomic mass is 10.1. The van der Waals surface area contributed by atoms with Crippen LogP contribution in [0.1, 0.15) is 16.9 Å². The molecule has 1 aliphatic heterocycles. The van der Waals surface area contributed by atoms with Crippen molar-refractivity contribution in [2.45, 2.75) is 20.0 Å². The number of benzene rings is 1. The van der Waals surface area contributed by atoms with E-state index in [4.69, 9.17) is 10.2 Å². The first-order valence-electron chi connectivity index (χ1n) is 7.55. The Morgan fingerprint density at radius 3 is 2.67 bits per heavy atom. The van der Waals surface area contributed by atoms with E-state index < -0.39 is 0 Å². The standard InChI is InChI=1S/C17H23N3O/c1-14-3-2-4-16(11-14)20-8-6-19(7-9-20)13-15-5-10-21-17(15)12-18/h2-5,10-11H,6-9,12-13,18H2,1H3. The summed E-state index contributed by atoms with van der Waals surface area (Å²) >= 11 is 0. The highest BCUT2D eigenvalue weighted by atomic mass is 16.3. The highest BCUT2D eigenvalue weighted by Gasteiger charge is 2.18. The lowest BCUT2D eigenvalue weighted by molar-refractivity contribution is 0.248. The molecule has 0 aliphatic carbocycles. The molecule has 21 heavy (non-hydrogen) atoms. The molecule has 2 aromatic rings. The number of nitrogens with zero attached hydrogens (tertiary/aromatic N) is 2. The predicted octanol–water partition coefficient (Wildman–Crippen LogP) is 2.37. The fraction of sp³-hybridized carbons (Fsp3) is 0.412. The Morgan fingerprint density at radius 2 is 1.95 bits per heavy atom. The van der Waals surface area contributed by atoms with Crippen LogP contribution in [0.4, 0.5) is 5.69 Å². The van der Waals surface area contributed by atoms with Gasteiger partial charge in [-0.25, -0.2) is 0 Å². The number of anilines is 1. The van der Waals surface area contributed by atoms with Gasteiger partial charge in [0.2, 0.25) is 0 Å². The number of hydrogen-bond donors (Lipinski definition) is 1. The lowest BCUT2D eigenvalue weighted by Gasteiger charge is -2.36. The first kappa shape index (κ1) is 14.2. The monoisotopic (exact) mass is 285 g/mol. The minimum atomic E-state index is 0.478. The maximum absolute atomic E-state index is 5.69. The maximum atomic E-state index is 5.69. The van der Waals surface area contributed by atoms with Crippen LogP contribution in [0, 0.1) is 6.92 Å². The van der Waals surface area contributed by atoms with Gasteiger partial charge in [0.15, 0.2) is 0 Å². The molecule has 2 N–H and O–H groups in total. The molecule has 0 radical (unpaired) electrons. The zero-order valence-electron chi connectivity index (χ0n) is 12.6. The SMILES string of the molecule is Cc1cccc(N2CCN(Cc3ccoc3CN)CC2)c1. The number of piperazine rings is 1. The highest BCUT2D eigenvalue weighted by molar-refractivity contribution is 5.48. The topological polar surface area (TPSA) is 45.6 Å². The van der Waals surface area contributed by atoms with E-state index in [9.17, 15) is 0 Å². The average Bonchev–Trinajstić information content (AvgIpc) is 2.95. The van der Waals surface area contributed by atoms with Crippen molar-refractivity contribution in [1.82, 2.24) is 4.90 Å². The Hall–Kier alpha value is -1.78. The van der Waals surface area contributed by atoms with Gasteiger partial charge in [-0.2, -0.15) is 0 Å². The molecule has 1 aromatic carbocycles. The molecular weight excluding hydrogens is 262 g/mol. The van der Waals surface area contributed by atoms with Gasteiger partial charge in [-0.05, 0) is 30.7 Å². The first-order valence-corrected chi connectivity index (χ1v) is 7.55. The molecule has 1 fully saturated rings. The van der Waals surface area contributed by atoms with Gasteiger partial charge >= 0.3 is 0 Å². The Balaban J connectivity index is 1.58. The van der Waals surface area contributed by atoms with Crippen LogP contribution in [-0.4, -0.2) is 31.1 Å². The molecule has 0 spiro atoms. The van der Waals surface area contributed by atoms with Gasteiger partial charge in [0.05, 0.1) is 12.8 Å². The Morgan fingerprint density at radius 1 is 1.14 bits per heavy atom. The van der Waals surface area contributed by atoms with Crippen molar-refractivity contribution in [3.63, 3.8) is 0 Å². The third-order valence-corrected chi connectivity index (χ3v) is 4.16. The van der Waals surface area contributed by atoms with E-state index >= 15 is 0 Å². The minimum Gasteiger partial charge on any atom is -0.468 e.